The van der Waals surface area contributed by atoms with Gasteiger partial charge in [-0.25, -0.2) is 9.97 Å². The van der Waals surface area contributed by atoms with Crippen LogP contribution in [-0.4, -0.2) is 33.1 Å². The fourth-order valence-corrected chi connectivity index (χ4v) is 6.71. The van der Waals surface area contributed by atoms with Crippen molar-refractivity contribution in [3.05, 3.63) is 53.5 Å². The van der Waals surface area contributed by atoms with Gasteiger partial charge >= 0.3 is 0 Å². The SMILES string of the molecule is O=C(CSc1nc2ccccc2s1)N1CCCCC1c1nc2ccccc2s1. The molecule has 2 aromatic heterocycles. The van der Waals surface area contributed by atoms with Crippen LogP contribution >= 0.6 is 34.4 Å². The monoisotopic (exact) mass is 425 g/mol. The number of nitrogens with zero attached hydrogens (tertiary/aromatic N) is 3. The average Bonchev–Trinajstić information content (AvgIpc) is 3.35. The van der Waals surface area contributed by atoms with Gasteiger partial charge in [-0.05, 0) is 43.5 Å². The maximum absolute atomic E-state index is 13.0. The molecule has 1 aliphatic heterocycles. The summed E-state index contributed by atoms with van der Waals surface area (Å²) in [6.45, 7) is 0.819. The molecule has 5 rings (SSSR count). The number of likely N-dealkylation sites (tertiary alicyclic amines) is 1. The van der Waals surface area contributed by atoms with Crippen molar-refractivity contribution in [2.24, 2.45) is 0 Å². The second-order valence-electron chi connectivity index (χ2n) is 6.85. The minimum absolute atomic E-state index is 0.106. The standard InChI is InChI=1S/C21H19N3OS3/c25-19(13-26-21-23-15-8-2-4-11-18(15)28-21)24-12-6-5-9-16(24)20-22-14-7-1-3-10-17(14)27-20/h1-4,7-8,10-11,16H,5-6,9,12-13H2. The minimum atomic E-state index is 0.106. The molecule has 1 unspecified atom stereocenters. The summed E-state index contributed by atoms with van der Waals surface area (Å²) < 4.78 is 3.32. The van der Waals surface area contributed by atoms with Gasteiger partial charge in [0.05, 0.1) is 32.2 Å². The Morgan fingerprint density at radius 1 is 1.00 bits per heavy atom. The van der Waals surface area contributed by atoms with Crippen LogP contribution in [-0.2, 0) is 4.79 Å². The summed E-state index contributed by atoms with van der Waals surface area (Å²) in [5.41, 5.74) is 2.04. The van der Waals surface area contributed by atoms with Gasteiger partial charge in [-0.2, -0.15) is 0 Å². The van der Waals surface area contributed by atoms with Crippen LogP contribution in [0.25, 0.3) is 20.4 Å². The first-order valence-electron chi connectivity index (χ1n) is 9.41. The largest absolute Gasteiger partial charge is 0.332 e. The van der Waals surface area contributed by atoms with Gasteiger partial charge in [0.15, 0.2) is 4.34 Å². The number of carbonyl (C=O) groups is 1. The van der Waals surface area contributed by atoms with E-state index < -0.39 is 0 Å². The fraction of sp³-hybridized carbons (Fsp3) is 0.286. The predicted octanol–water partition coefficient (Wildman–Crippen LogP) is 5.75. The third kappa shape index (κ3) is 3.54. The minimum Gasteiger partial charge on any atom is -0.332 e. The van der Waals surface area contributed by atoms with Gasteiger partial charge < -0.3 is 4.90 Å². The number of benzene rings is 2. The Kier molecular flexibility index (Phi) is 5.05. The van der Waals surface area contributed by atoms with E-state index in [9.17, 15) is 4.79 Å². The molecule has 7 heteroatoms. The first-order chi connectivity index (χ1) is 13.8. The van der Waals surface area contributed by atoms with E-state index in [1.165, 1.54) is 9.40 Å². The van der Waals surface area contributed by atoms with Gasteiger partial charge in [-0.1, -0.05) is 36.0 Å². The van der Waals surface area contributed by atoms with Crippen LogP contribution in [0.2, 0.25) is 0 Å². The highest BCUT2D eigenvalue weighted by Gasteiger charge is 2.30. The lowest BCUT2D eigenvalue weighted by atomic mass is 10.0. The summed E-state index contributed by atoms with van der Waals surface area (Å²) in [4.78, 5) is 24.5. The zero-order valence-electron chi connectivity index (χ0n) is 15.2. The molecular formula is C21H19N3OS3. The van der Waals surface area contributed by atoms with Crippen LogP contribution < -0.4 is 0 Å². The molecule has 142 valence electrons. The molecule has 3 heterocycles. The molecule has 1 fully saturated rings. The van der Waals surface area contributed by atoms with Crippen LogP contribution in [0.3, 0.4) is 0 Å². The highest BCUT2D eigenvalue weighted by atomic mass is 32.2. The van der Waals surface area contributed by atoms with Crippen molar-refractivity contribution in [1.82, 2.24) is 14.9 Å². The molecule has 1 aliphatic rings. The summed E-state index contributed by atoms with van der Waals surface area (Å²) >= 11 is 4.93. The van der Waals surface area contributed by atoms with Crippen LogP contribution in [0, 0.1) is 0 Å². The zero-order chi connectivity index (χ0) is 18.9. The van der Waals surface area contributed by atoms with E-state index in [4.69, 9.17) is 4.98 Å². The molecule has 1 amide bonds. The first kappa shape index (κ1) is 18.1. The zero-order valence-corrected chi connectivity index (χ0v) is 17.7. The van der Waals surface area contributed by atoms with E-state index in [0.29, 0.717) is 5.75 Å². The van der Waals surface area contributed by atoms with E-state index in [1.54, 1.807) is 34.4 Å². The molecule has 2 aromatic carbocycles. The number of rotatable bonds is 4. The Morgan fingerprint density at radius 2 is 1.71 bits per heavy atom. The van der Waals surface area contributed by atoms with E-state index in [-0.39, 0.29) is 11.9 Å². The van der Waals surface area contributed by atoms with E-state index in [0.717, 1.165) is 46.2 Å². The normalized spacial score (nSPS) is 17.4. The molecule has 0 spiro atoms. The molecule has 0 radical (unpaired) electrons. The van der Waals surface area contributed by atoms with Gasteiger partial charge in [-0.3, -0.25) is 4.79 Å². The molecule has 4 aromatic rings. The Balaban J connectivity index is 1.33. The lowest BCUT2D eigenvalue weighted by Crippen LogP contribution is -2.39. The maximum Gasteiger partial charge on any atom is 0.233 e. The van der Waals surface area contributed by atoms with E-state index >= 15 is 0 Å². The maximum atomic E-state index is 13.0. The van der Waals surface area contributed by atoms with Crippen molar-refractivity contribution >= 4 is 60.8 Å². The van der Waals surface area contributed by atoms with Gasteiger partial charge in [0, 0.05) is 6.54 Å². The number of piperidine rings is 1. The molecule has 0 bridgehead atoms. The number of fused-ring (bicyclic) bond motifs is 2. The van der Waals surface area contributed by atoms with Crippen molar-refractivity contribution in [3.8, 4) is 0 Å². The number of para-hydroxylation sites is 2. The number of amides is 1. The average molecular weight is 426 g/mol. The Morgan fingerprint density at radius 3 is 2.46 bits per heavy atom. The summed E-state index contributed by atoms with van der Waals surface area (Å²) in [6, 6.07) is 16.4. The number of hydrogen-bond donors (Lipinski definition) is 0. The number of aromatic nitrogens is 2. The molecule has 1 atom stereocenters. The van der Waals surface area contributed by atoms with Crippen molar-refractivity contribution in [2.45, 2.75) is 29.6 Å². The lowest BCUT2D eigenvalue weighted by molar-refractivity contribution is -0.132. The summed E-state index contributed by atoms with van der Waals surface area (Å²) in [7, 11) is 0. The highest BCUT2D eigenvalue weighted by molar-refractivity contribution is 8.01. The fourth-order valence-electron chi connectivity index (χ4n) is 3.64. The molecule has 28 heavy (non-hydrogen) atoms. The third-order valence-electron chi connectivity index (χ3n) is 5.01. The quantitative estimate of drug-likeness (QED) is 0.391. The molecule has 0 N–H and O–H groups in total. The van der Waals surface area contributed by atoms with Crippen LogP contribution in [0.5, 0.6) is 0 Å². The Labute approximate surface area is 175 Å². The Hall–Kier alpha value is -1.96. The second-order valence-corrected chi connectivity index (χ2v) is 10.2. The van der Waals surface area contributed by atoms with Gasteiger partial charge in [0.25, 0.3) is 0 Å². The lowest BCUT2D eigenvalue weighted by Gasteiger charge is -2.34. The third-order valence-corrected chi connectivity index (χ3v) is 8.31. The number of thiazole rings is 2. The smallest absolute Gasteiger partial charge is 0.233 e. The van der Waals surface area contributed by atoms with Gasteiger partial charge in [0.1, 0.15) is 5.01 Å². The van der Waals surface area contributed by atoms with Crippen molar-refractivity contribution in [2.75, 3.05) is 12.3 Å². The predicted molar refractivity (Wildman–Crippen MR) is 118 cm³/mol. The molecule has 4 nitrogen and oxygen atoms in total. The van der Waals surface area contributed by atoms with Crippen LogP contribution in [0.15, 0.2) is 52.9 Å². The summed E-state index contributed by atoms with van der Waals surface area (Å²) in [5.74, 6) is 0.620. The number of carbonyl (C=O) groups excluding carboxylic acids is 1. The first-order valence-corrected chi connectivity index (χ1v) is 12.0. The highest BCUT2D eigenvalue weighted by Crippen LogP contribution is 2.36. The van der Waals surface area contributed by atoms with Crippen molar-refractivity contribution in [3.63, 3.8) is 0 Å². The van der Waals surface area contributed by atoms with Gasteiger partial charge in [0.2, 0.25) is 5.91 Å². The number of hydrogen-bond acceptors (Lipinski definition) is 6. The summed E-state index contributed by atoms with van der Waals surface area (Å²) in [6.07, 6.45) is 3.21. The van der Waals surface area contributed by atoms with E-state index in [2.05, 4.69) is 17.1 Å². The topological polar surface area (TPSA) is 46.1 Å². The Bertz CT molecular complexity index is 1070. The second kappa shape index (κ2) is 7.81. The van der Waals surface area contributed by atoms with Crippen LogP contribution in [0.1, 0.15) is 30.3 Å². The van der Waals surface area contributed by atoms with Crippen molar-refractivity contribution < 1.29 is 4.79 Å². The van der Waals surface area contributed by atoms with Gasteiger partial charge in [-0.15, -0.1) is 22.7 Å². The molecule has 0 saturated carbocycles. The molecule has 1 saturated heterocycles. The number of thioether (sulfide) groups is 1. The van der Waals surface area contributed by atoms with Crippen molar-refractivity contribution in [1.29, 1.82) is 0 Å². The van der Waals surface area contributed by atoms with E-state index in [1.807, 2.05) is 41.3 Å². The van der Waals surface area contributed by atoms with Crippen LogP contribution in [0.4, 0.5) is 0 Å². The summed E-state index contributed by atoms with van der Waals surface area (Å²) in [5, 5.41) is 1.07. The molecular weight excluding hydrogens is 406 g/mol. The molecule has 0 aliphatic carbocycles.